The third kappa shape index (κ3) is 3.02. The van der Waals surface area contributed by atoms with Crippen molar-refractivity contribution in [2.75, 3.05) is 18.0 Å². The molecule has 6 nitrogen and oxygen atoms in total. The molecule has 2 unspecified atom stereocenters. The minimum Gasteiger partial charge on any atom is -0.476 e. The van der Waals surface area contributed by atoms with Crippen LogP contribution in [0.5, 0.6) is 0 Å². The number of carboxylic acids is 1. The van der Waals surface area contributed by atoms with Crippen molar-refractivity contribution in [3.63, 3.8) is 0 Å². The first-order valence-corrected chi connectivity index (χ1v) is 8.31. The molecule has 3 heterocycles. The number of anilines is 1. The molecule has 2 fully saturated rings. The van der Waals surface area contributed by atoms with Crippen LogP contribution in [-0.2, 0) is 12.7 Å². The highest BCUT2D eigenvalue weighted by atomic mass is 19.4. The molecular weight excluding hydrogens is 349 g/mol. The van der Waals surface area contributed by atoms with E-state index in [2.05, 4.69) is 14.9 Å². The van der Waals surface area contributed by atoms with Crippen LogP contribution in [0, 0.1) is 18.8 Å². The first-order valence-electron chi connectivity index (χ1n) is 8.31. The van der Waals surface area contributed by atoms with Crippen molar-refractivity contribution in [3.8, 4) is 0 Å². The van der Waals surface area contributed by atoms with Gasteiger partial charge in [0.1, 0.15) is 5.82 Å². The van der Waals surface area contributed by atoms with Gasteiger partial charge in [0.05, 0.1) is 6.54 Å². The zero-order valence-corrected chi connectivity index (χ0v) is 14.0. The topological polar surface area (TPSA) is 71.2 Å². The van der Waals surface area contributed by atoms with Crippen molar-refractivity contribution in [1.29, 1.82) is 0 Å². The first kappa shape index (κ1) is 16.9. The smallest absolute Gasteiger partial charge is 0.449 e. The quantitative estimate of drug-likeness (QED) is 0.901. The maximum Gasteiger partial charge on any atom is 0.449 e. The average molecular weight is 366 g/mol. The summed E-state index contributed by atoms with van der Waals surface area (Å²) in [5.41, 5.74) is 0.593. The van der Waals surface area contributed by atoms with Gasteiger partial charge in [-0.3, -0.25) is 0 Å². The average Bonchev–Trinajstić information content (AvgIpc) is 2.96. The van der Waals surface area contributed by atoms with Crippen molar-refractivity contribution < 1.29 is 23.1 Å². The van der Waals surface area contributed by atoms with E-state index in [1.807, 2.05) is 6.07 Å². The molecule has 0 bridgehead atoms. The minimum atomic E-state index is -4.73. The molecule has 2 aromatic heterocycles. The SMILES string of the molecule is Cc1nc(N2CC3CC3C2)ccc1Cn1cc(C(=O)O)nc1C(F)(F)F. The second-order valence-electron chi connectivity index (χ2n) is 6.96. The number of hydrogen-bond acceptors (Lipinski definition) is 4. The number of aryl methyl sites for hydroxylation is 1. The number of aromatic carboxylic acids is 1. The Labute approximate surface area is 147 Å². The number of aromatic nitrogens is 3. The van der Waals surface area contributed by atoms with Gasteiger partial charge in [0.2, 0.25) is 5.82 Å². The Morgan fingerprint density at radius 3 is 2.54 bits per heavy atom. The number of imidazole rings is 1. The van der Waals surface area contributed by atoms with Crippen molar-refractivity contribution in [2.24, 2.45) is 11.8 Å². The van der Waals surface area contributed by atoms with Crippen LogP contribution >= 0.6 is 0 Å². The van der Waals surface area contributed by atoms with E-state index in [4.69, 9.17) is 5.11 Å². The molecule has 9 heteroatoms. The first-order chi connectivity index (χ1) is 12.2. The van der Waals surface area contributed by atoms with Gasteiger partial charge >= 0.3 is 12.1 Å². The van der Waals surface area contributed by atoms with E-state index in [0.29, 0.717) is 11.3 Å². The fourth-order valence-corrected chi connectivity index (χ4v) is 3.55. The Bertz CT molecular complexity index is 867. The lowest BCUT2D eigenvalue weighted by Crippen LogP contribution is -2.23. The third-order valence-corrected chi connectivity index (χ3v) is 5.07. The number of nitrogens with zero attached hydrogens (tertiary/aromatic N) is 4. The van der Waals surface area contributed by atoms with Crippen LogP contribution in [0.3, 0.4) is 0 Å². The van der Waals surface area contributed by atoms with E-state index in [0.717, 1.165) is 41.5 Å². The number of hydrogen-bond donors (Lipinski definition) is 1. The number of fused-ring (bicyclic) bond motifs is 1. The Morgan fingerprint density at radius 2 is 1.96 bits per heavy atom. The zero-order chi connectivity index (χ0) is 18.6. The zero-order valence-electron chi connectivity index (χ0n) is 14.0. The van der Waals surface area contributed by atoms with Gasteiger partial charge in [-0.2, -0.15) is 13.2 Å². The third-order valence-electron chi connectivity index (χ3n) is 5.07. The van der Waals surface area contributed by atoms with E-state index in [1.54, 1.807) is 13.0 Å². The van der Waals surface area contributed by atoms with Crippen LogP contribution in [-0.4, -0.2) is 38.7 Å². The fraction of sp³-hybridized carbons (Fsp3) is 0.471. The number of piperidine rings is 1. The molecule has 0 spiro atoms. The summed E-state index contributed by atoms with van der Waals surface area (Å²) in [6.45, 7) is 3.58. The Hall–Kier alpha value is -2.58. The van der Waals surface area contributed by atoms with Crippen molar-refractivity contribution in [3.05, 3.63) is 41.1 Å². The maximum absolute atomic E-state index is 13.1. The van der Waals surface area contributed by atoms with Crippen LogP contribution in [0.4, 0.5) is 19.0 Å². The lowest BCUT2D eigenvalue weighted by Gasteiger charge is -2.20. The lowest BCUT2D eigenvalue weighted by molar-refractivity contribution is -0.147. The van der Waals surface area contributed by atoms with Gasteiger partial charge in [0, 0.05) is 25.0 Å². The minimum absolute atomic E-state index is 0.139. The molecular formula is C17H17F3N4O2. The van der Waals surface area contributed by atoms with E-state index in [9.17, 15) is 18.0 Å². The molecule has 0 radical (unpaired) electrons. The van der Waals surface area contributed by atoms with Crippen LogP contribution in [0.2, 0.25) is 0 Å². The summed E-state index contributed by atoms with van der Waals surface area (Å²) in [4.78, 5) is 20.9. The summed E-state index contributed by atoms with van der Waals surface area (Å²) in [6, 6.07) is 3.57. The van der Waals surface area contributed by atoms with Crippen LogP contribution in [0.25, 0.3) is 0 Å². The van der Waals surface area contributed by atoms with Gasteiger partial charge in [-0.25, -0.2) is 14.8 Å². The lowest BCUT2D eigenvalue weighted by atomic mass is 10.2. The molecule has 1 saturated carbocycles. The molecule has 2 aromatic rings. The second kappa shape index (κ2) is 5.72. The molecule has 138 valence electrons. The number of rotatable bonds is 4. The summed E-state index contributed by atoms with van der Waals surface area (Å²) < 4.78 is 40.2. The number of carbonyl (C=O) groups is 1. The summed E-state index contributed by atoms with van der Waals surface area (Å²) in [7, 11) is 0. The number of carboxylic acid groups (broad SMARTS) is 1. The largest absolute Gasteiger partial charge is 0.476 e. The Balaban J connectivity index is 1.60. The van der Waals surface area contributed by atoms with Crippen molar-refractivity contribution >= 4 is 11.8 Å². The van der Waals surface area contributed by atoms with Crippen LogP contribution < -0.4 is 4.90 Å². The molecule has 1 N–H and O–H groups in total. The number of alkyl halides is 3. The predicted molar refractivity (Wildman–Crippen MR) is 86.1 cm³/mol. The van der Waals surface area contributed by atoms with Crippen LogP contribution in [0.15, 0.2) is 18.3 Å². The summed E-state index contributed by atoms with van der Waals surface area (Å²) in [6.07, 6.45) is -2.54. The van der Waals surface area contributed by atoms with Gasteiger partial charge in [0.15, 0.2) is 5.69 Å². The van der Waals surface area contributed by atoms with Gasteiger partial charge in [-0.05, 0) is 36.8 Å². The van der Waals surface area contributed by atoms with Gasteiger partial charge in [-0.15, -0.1) is 0 Å². The van der Waals surface area contributed by atoms with Crippen LogP contribution in [0.1, 0.15) is 34.0 Å². The summed E-state index contributed by atoms with van der Waals surface area (Å²) in [5, 5.41) is 8.93. The monoisotopic (exact) mass is 366 g/mol. The molecule has 4 rings (SSSR count). The molecule has 0 aromatic carbocycles. The Kier molecular flexibility index (Phi) is 3.71. The molecule has 1 aliphatic carbocycles. The molecule has 2 aliphatic rings. The van der Waals surface area contributed by atoms with Gasteiger partial charge in [0.25, 0.3) is 0 Å². The normalized spacial score (nSPS) is 21.8. The molecule has 1 saturated heterocycles. The predicted octanol–water partition coefficient (Wildman–Crippen LogP) is 2.81. The fourth-order valence-electron chi connectivity index (χ4n) is 3.55. The second-order valence-corrected chi connectivity index (χ2v) is 6.96. The summed E-state index contributed by atoms with van der Waals surface area (Å²) >= 11 is 0. The standard InChI is InChI=1S/C17H17F3N4O2/c1-9-10(2-3-14(21-9)23-6-11-4-12(11)7-23)5-24-8-13(15(25)26)22-16(24)17(18,19)20/h2-3,8,11-12H,4-7H2,1H3,(H,25,26). The van der Waals surface area contributed by atoms with E-state index in [-0.39, 0.29) is 6.54 Å². The van der Waals surface area contributed by atoms with E-state index >= 15 is 0 Å². The molecule has 0 amide bonds. The van der Waals surface area contributed by atoms with Crippen molar-refractivity contribution in [1.82, 2.24) is 14.5 Å². The summed E-state index contributed by atoms with van der Waals surface area (Å²) in [5.74, 6) is -0.366. The molecule has 2 atom stereocenters. The van der Waals surface area contributed by atoms with E-state index in [1.165, 1.54) is 6.42 Å². The molecule has 1 aliphatic heterocycles. The maximum atomic E-state index is 13.1. The highest BCUT2D eigenvalue weighted by Gasteiger charge is 2.45. The molecule has 26 heavy (non-hydrogen) atoms. The number of halogens is 3. The highest BCUT2D eigenvalue weighted by molar-refractivity contribution is 5.85. The van der Waals surface area contributed by atoms with E-state index < -0.39 is 23.7 Å². The highest BCUT2D eigenvalue weighted by Crippen LogP contribution is 2.46. The number of pyridine rings is 1. The van der Waals surface area contributed by atoms with Gasteiger partial charge in [-0.1, -0.05) is 6.07 Å². The Morgan fingerprint density at radius 1 is 1.27 bits per heavy atom. The van der Waals surface area contributed by atoms with Crippen molar-refractivity contribution in [2.45, 2.75) is 26.1 Å². The van der Waals surface area contributed by atoms with Gasteiger partial charge < -0.3 is 14.6 Å².